The molecule has 0 amide bonds. The van der Waals surface area contributed by atoms with Gasteiger partial charge in [0.05, 0.1) is 11.3 Å². The van der Waals surface area contributed by atoms with Gasteiger partial charge in [-0.05, 0) is 51.4 Å². The number of nitrogens with one attached hydrogen (secondary N) is 4. The summed E-state index contributed by atoms with van der Waals surface area (Å²) in [4.78, 5) is 7.93. The molecule has 0 heterocycles. The maximum absolute atomic E-state index is 6.95. The monoisotopic (exact) mass is 486 g/mol. The van der Waals surface area contributed by atoms with E-state index in [4.69, 9.17) is 11.5 Å². The molecule has 0 saturated carbocycles. The van der Waals surface area contributed by atoms with Crippen molar-refractivity contribution in [2.45, 2.75) is 142 Å². The predicted molar refractivity (Wildman–Crippen MR) is 149 cm³/mol. The molecule has 32 heavy (non-hydrogen) atoms. The molecule has 6 nitrogen and oxygen atoms in total. The van der Waals surface area contributed by atoms with Crippen LogP contribution >= 0.6 is 0 Å². The third-order valence-corrected chi connectivity index (χ3v) is 17.0. The highest BCUT2D eigenvalue weighted by atomic mass is 28.3. The number of nitrogens with two attached hydrogens (primary N) is 2. The van der Waals surface area contributed by atoms with E-state index in [0.29, 0.717) is 0 Å². The Morgan fingerprint density at radius 1 is 0.781 bits per heavy atom. The van der Waals surface area contributed by atoms with Gasteiger partial charge in [-0.3, -0.25) is 5.43 Å². The summed E-state index contributed by atoms with van der Waals surface area (Å²) in [5.41, 5.74) is 22.9. The highest BCUT2D eigenvalue weighted by Crippen LogP contribution is 2.28. The largest absolute Gasteiger partial charge is 0.326 e. The summed E-state index contributed by atoms with van der Waals surface area (Å²) in [5, 5.41) is -0.225. The molecule has 0 aliphatic rings. The highest BCUT2D eigenvalue weighted by Gasteiger charge is 2.48. The molecule has 0 aromatic heterocycles. The van der Waals surface area contributed by atoms with Crippen molar-refractivity contribution in [2.24, 2.45) is 11.5 Å². The van der Waals surface area contributed by atoms with Crippen LogP contribution in [0.2, 0.25) is 13.1 Å². The summed E-state index contributed by atoms with van der Waals surface area (Å²) in [6.07, 6.45) is 7.75. The zero-order chi connectivity index (χ0) is 25.3. The normalized spacial score (nSPS) is 16.6. The molecule has 8 heteroatoms. The molecule has 0 spiro atoms. The maximum atomic E-state index is 6.95. The van der Waals surface area contributed by atoms with Gasteiger partial charge in [0.15, 0.2) is 8.24 Å². The quantitative estimate of drug-likeness (QED) is 0.0992. The Hall–Kier alpha value is -0.0662. The second kappa shape index (κ2) is 13.1. The second-order valence-corrected chi connectivity index (χ2v) is 16.9. The Balaban J connectivity index is 5.93. The van der Waals surface area contributed by atoms with E-state index in [1.165, 1.54) is 0 Å². The molecular formula is C24H58N6Si2. The minimum Gasteiger partial charge on any atom is -0.326 e. The molecule has 2 atom stereocenters. The van der Waals surface area contributed by atoms with Gasteiger partial charge in [0.2, 0.25) is 0 Å². The molecule has 0 radical (unpaired) electrons. The Morgan fingerprint density at radius 3 is 1.56 bits per heavy atom. The molecule has 192 valence electrons. The van der Waals surface area contributed by atoms with Crippen LogP contribution in [0.1, 0.15) is 107 Å². The maximum Gasteiger partial charge on any atom is 0.168 e. The minimum atomic E-state index is -2.18. The first-order chi connectivity index (χ1) is 14.8. The van der Waals surface area contributed by atoms with Crippen molar-refractivity contribution in [3.8, 4) is 0 Å². The van der Waals surface area contributed by atoms with E-state index < -0.39 is 17.2 Å². The first kappa shape index (κ1) is 31.9. The third kappa shape index (κ3) is 6.98. The fraction of sp³-hybridized carbons (Fsp3) is 0.917. The second-order valence-electron chi connectivity index (χ2n) is 10.0. The van der Waals surface area contributed by atoms with Crippen LogP contribution in [0, 0.1) is 0 Å². The Bertz CT molecular complexity index is 543. The summed E-state index contributed by atoms with van der Waals surface area (Å²) in [7, 11) is -3.62. The van der Waals surface area contributed by atoms with Crippen LogP contribution in [0.4, 0.5) is 0 Å². The molecule has 0 fully saturated rings. The fourth-order valence-corrected chi connectivity index (χ4v) is 11.6. The van der Waals surface area contributed by atoms with Crippen LogP contribution in [0.3, 0.4) is 0 Å². The van der Waals surface area contributed by atoms with Gasteiger partial charge < -0.3 is 21.4 Å². The molecule has 0 aromatic rings. The molecular weight excluding hydrogens is 428 g/mol. The van der Waals surface area contributed by atoms with Crippen LogP contribution in [-0.2, 0) is 0 Å². The lowest BCUT2D eigenvalue weighted by atomic mass is 10.1. The van der Waals surface area contributed by atoms with Crippen LogP contribution in [0.25, 0.3) is 0 Å². The molecule has 0 bridgehead atoms. The van der Waals surface area contributed by atoms with Crippen LogP contribution in [0.15, 0.2) is 12.3 Å². The average molecular weight is 487 g/mol. The van der Waals surface area contributed by atoms with Crippen molar-refractivity contribution in [1.29, 1.82) is 0 Å². The summed E-state index contributed by atoms with van der Waals surface area (Å²) in [5.74, 6) is 0. The van der Waals surface area contributed by atoms with Crippen LogP contribution < -0.4 is 32.3 Å². The van der Waals surface area contributed by atoms with Crippen molar-refractivity contribution in [1.82, 2.24) is 20.8 Å². The molecule has 0 aliphatic heterocycles. The van der Waals surface area contributed by atoms with Gasteiger partial charge in [-0.15, -0.1) is 6.58 Å². The van der Waals surface area contributed by atoms with Gasteiger partial charge in [0.25, 0.3) is 0 Å². The number of hydrogen-bond donors (Lipinski definition) is 6. The Kier molecular flexibility index (Phi) is 13.1. The van der Waals surface area contributed by atoms with Crippen molar-refractivity contribution >= 4 is 17.2 Å². The van der Waals surface area contributed by atoms with Crippen molar-refractivity contribution in [3.05, 3.63) is 12.3 Å². The van der Waals surface area contributed by atoms with Crippen molar-refractivity contribution in [3.63, 3.8) is 0 Å². The lowest BCUT2D eigenvalue weighted by Gasteiger charge is -2.51. The molecule has 2 unspecified atom stereocenters. The van der Waals surface area contributed by atoms with E-state index in [1.54, 1.807) is 0 Å². The van der Waals surface area contributed by atoms with E-state index >= 15 is 0 Å². The average Bonchev–Trinajstić information content (AvgIpc) is 2.83. The molecule has 0 saturated heterocycles. The standard InChI is InChI=1S/C24H58N6Si2/c1-12-21(25,13-2)29-31(10)24(18-7,19-8)28-27-23(16-5,17-6)30-32(11,20-9)22(26,14-3)15-4/h20,27-31H,9,12-19,25-26H2,1-8,10-11H3. The first-order valence-electron chi connectivity index (χ1n) is 13.2. The van der Waals surface area contributed by atoms with E-state index in [0.717, 1.165) is 51.4 Å². The summed E-state index contributed by atoms with van der Waals surface area (Å²) >= 11 is 0. The number of hydrogen-bond acceptors (Lipinski definition) is 6. The van der Waals surface area contributed by atoms with E-state index in [9.17, 15) is 0 Å². The highest BCUT2D eigenvalue weighted by molar-refractivity contribution is 6.84. The Morgan fingerprint density at radius 2 is 1.25 bits per heavy atom. The summed E-state index contributed by atoms with van der Waals surface area (Å²) < 4.78 is 0. The lowest BCUT2D eigenvalue weighted by Crippen LogP contribution is -2.79. The van der Waals surface area contributed by atoms with Crippen molar-refractivity contribution < 1.29 is 0 Å². The first-order valence-corrected chi connectivity index (χ1v) is 18.1. The van der Waals surface area contributed by atoms with Crippen molar-refractivity contribution in [2.75, 3.05) is 0 Å². The summed E-state index contributed by atoms with van der Waals surface area (Å²) in [6, 6.07) is 0. The van der Waals surface area contributed by atoms with Gasteiger partial charge in [0, 0.05) is 10.3 Å². The van der Waals surface area contributed by atoms with Crippen LogP contribution in [-0.4, -0.2) is 38.8 Å². The molecule has 0 aliphatic carbocycles. The zero-order valence-corrected chi connectivity index (χ0v) is 25.3. The van der Waals surface area contributed by atoms with Crippen LogP contribution in [0.5, 0.6) is 0 Å². The number of hydrazine groups is 1. The minimum absolute atomic E-state index is 0.00762. The SMILES string of the molecule is C=C[Si](C)(NC(CC)(CC)NNC(CC)(CC)[SiH](C)NC(N)(CC)CC)C(N)(CC)CC. The third-order valence-electron chi connectivity index (χ3n) is 8.82. The summed E-state index contributed by atoms with van der Waals surface area (Å²) in [6.45, 7) is 26.8. The molecule has 0 aromatic carbocycles. The van der Waals surface area contributed by atoms with Gasteiger partial charge in [0.1, 0.15) is 8.96 Å². The number of rotatable bonds is 18. The van der Waals surface area contributed by atoms with E-state index in [1.807, 2.05) is 0 Å². The van der Waals surface area contributed by atoms with Gasteiger partial charge in [-0.2, -0.15) is 0 Å². The molecule has 8 N–H and O–H groups in total. The fourth-order valence-electron chi connectivity index (χ4n) is 4.91. The zero-order valence-electron chi connectivity index (χ0n) is 23.2. The van der Waals surface area contributed by atoms with Gasteiger partial charge in [-0.1, -0.05) is 74.2 Å². The topological polar surface area (TPSA) is 100 Å². The van der Waals surface area contributed by atoms with Gasteiger partial charge in [-0.25, -0.2) is 5.43 Å². The van der Waals surface area contributed by atoms with E-state index in [2.05, 4.69) is 102 Å². The smallest absolute Gasteiger partial charge is 0.168 e. The van der Waals surface area contributed by atoms with E-state index in [-0.39, 0.29) is 21.7 Å². The predicted octanol–water partition coefficient (Wildman–Crippen LogP) is 4.06. The van der Waals surface area contributed by atoms with Gasteiger partial charge >= 0.3 is 0 Å². The Labute approximate surface area is 203 Å². The molecule has 0 rings (SSSR count). The lowest BCUT2D eigenvalue weighted by molar-refractivity contribution is 0.195.